The number of amides is 1. The average molecular weight is 406 g/mol. The summed E-state index contributed by atoms with van der Waals surface area (Å²) in [5.41, 5.74) is 0.506. The first-order valence-electron chi connectivity index (χ1n) is 9.69. The minimum absolute atomic E-state index is 0.0345. The smallest absolute Gasteiger partial charge is 0.262 e. The van der Waals surface area contributed by atoms with E-state index in [0.29, 0.717) is 45.5 Å². The van der Waals surface area contributed by atoms with Crippen LogP contribution in [0.1, 0.15) is 39.0 Å². The van der Waals surface area contributed by atoms with Crippen LogP contribution in [0.5, 0.6) is 0 Å². The van der Waals surface area contributed by atoms with E-state index in [0.717, 1.165) is 6.42 Å². The standard InChI is InChI=1S/C20H24ClN3O2S/c1-2-9-24-19(26)15-8-7-14(21)10-16(15)22-20(24)27-11-17(25)23-18(12-3-4-12)13-5-6-13/h7-8,10,12-13,18H,2-6,9,11H2,1H3,(H,23,25). The SMILES string of the molecule is CCCn1c(SCC(=O)NC(C2CC2)C2CC2)nc2cc(Cl)ccc2c1=O. The maximum Gasteiger partial charge on any atom is 0.262 e. The van der Waals surface area contributed by atoms with E-state index in [-0.39, 0.29) is 17.2 Å². The highest BCUT2D eigenvalue weighted by atomic mass is 35.5. The quantitative estimate of drug-likeness (QED) is 0.535. The summed E-state index contributed by atoms with van der Waals surface area (Å²) in [6, 6.07) is 5.48. The van der Waals surface area contributed by atoms with E-state index >= 15 is 0 Å². The zero-order valence-corrected chi connectivity index (χ0v) is 17.0. The highest BCUT2D eigenvalue weighted by molar-refractivity contribution is 7.99. The fourth-order valence-electron chi connectivity index (χ4n) is 3.59. The van der Waals surface area contributed by atoms with Gasteiger partial charge < -0.3 is 5.32 Å². The molecule has 27 heavy (non-hydrogen) atoms. The number of fused-ring (bicyclic) bond motifs is 1. The van der Waals surface area contributed by atoms with Gasteiger partial charge in [0.05, 0.1) is 16.7 Å². The number of carbonyl (C=O) groups is 1. The van der Waals surface area contributed by atoms with E-state index in [1.807, 2.05) is 6.92 Å². The first kappa shape index (κ1) is 18.8. The topological polar surface area (TPSA) is 64.0 Å². The molecule has 144 valence electrons. The van der Waals surface area contributed by atoms with Crippen molar-refractivity contribution in [2.75, 3.05) is 5.75 Å². The van der Waals surface area contributed by atoms with Gasteiger partial charge in [0.1, 0.15) is 0 Å². The van der Waals surface area contributed by atoms with Crippen molar-refractivity contribution in [3.8, 4) is 0 Å². The summed E-state index contributed by atoms with van der Waals surface area (Å²) >= 11 is 7.39. The van der Waals surface area contributed by atoms with Crippen LogP contribution >= 0.6 is 23.4 Å². The van der Waals surface area contributed by atoms with Crippen molar-refractivity contribution in [3.63, 3.8) is 0 Å². The van der Waals surface area contributed by atoms with Gasteiger partial charge >= 0.3 is 0 Å². The van der Waals surface area contributed by atoms with Crippen molar-refractivity contribution in [3.05, 3.63) is 33.6 Å². The lowest BCUT2D eigenvalue weighted by Gasteiger charge is -2.18. The van der Waals surface area contributed by atoms with E-state index in [2.05, 4.69) is 10.3 Å². The Labute approximate surface area is 167 Å². The minimum atomic E-state index is -0.0738. The van der Waals surface area contributed by atoms with E-state index in [1.54, 1.807) is 22.8 Å². The molecule has 2 aliphatic rings. The first-order valence-corrected chi connectivity index (χ1v) is 11.1. The second-order valence-electron chi connectivity index (χ2n) is 7.57. The largest absolute Gasteiger partial charge is 0.352 e. The highest BCUT2D eigenvalue weighted by Gasteiger charge is 2.42. The highest BCUT2D eigenvalue weighted by Crippen LogP contribution is 2.44. The Morgan fingerprint density at radius 2 is 2.04 bits per heavy atom. The van der Waals surface area contributed by atoms with Crippen LogP contribution in [0.2, 0.25) is 5.02 Å². The molecular formula is C20H24ClN3O2S. The van der Waals surface area contributed by atoms with Crippen LogP contribution in [-0.4, -0.2) is 27.3 Å². The van der Waals surface area contributed by atoms with E-state index in [9.17, 15) is 9.59 Å². The van der Waals surface area contributed by atoms with Crippen molar-refractivity contribution in [2.45, 2.75) is 56.8 Å². The average Bonchev–Trinajstić information content (AvgIpc) is 3.54. The Morgan fingerprint density at radius 1 is 1.33 bits per heavy atom. The lowest BCUT2D eigenvalue weighted by atomic mass is 10.1. The van der Waals surface area contributed by atoms with Gasteiger partial charge in [0.25, 0.3) is 5.56 Å². The third kappa shape index (κ3) is 4.32. The molecule has 2 aromatic rings. The molecule has 1 aromatic heterocycles. The van der Waals surface area contributed by atoms with E-state index in [1.165, 1.54) is 37.4 Å². The van der Waals surface area contributed by atoms with Crippen molar-refractivity contribution in [2.24, 2.45) is 11.8 Å². The Morgan fingerprint density at radius 3 is 2.67 bits per heavy atom. The zero-order chi connectivity index (χ0) is 19.0. The number of nitrogens with zero attached hydrogens (tertiary/aromatic N) is 2. The van der Waals surface area contributed by atoms with Crippen LogP contribution in [0, 0.1) is 11.8 Å². The number of thioether (sulfide) groups is 1. The summed E-state index contributed by atoms with van der Waals surface area (Å²) < 4.78 is 1.67. The summed E-state index contributed by atoms with van der Waals surface area (Å²) in [5, 5.41) is 4.92. The molecule has 2 fully saturated rings. The molecule has 1 N–H and O–H groups in total. The van der Waals surface area contributed by atoms with Crippen LogP contribution < -0.4 is 10.9 Å². The van der Waals surface area contributed by atoms with Crippen LogP contribution in [0.4, 0.5) is 0 Å². The van der Waals surface area contributed by atoms with Gasteiger partial charge in [-0.05, 0) is 62.1 Å². The molecule has 0 saturated heterocycles. The van der Waals surface area contributed by atoms with Gasteiger partial charge in [-0.3, -0.25) is 14.2 Å². The summed E-state index contributed by atoms with van der Waals surface area (Å²) in [5.74, 6) is 1.65. The van der Waals surface area contributed by atoms with Crippen molar-refractivity contribution in [1.82, 2.24) is 14.9 Å². The Kier molecular flexibility index (Phi) is 5.46. The van der Waals surface area contributed by atoms with Crippen molar-refractivity contribution < 1.29 is 4.79 Å². The maximum atomic E-state index is 12.8. The molecule has 0 radical (unpaired) electrons. The number of hydrogen-bond donors (Lipinski definition) is 1. The number of hydrogen-bond acceptors (Lipinski definition) is 4. The Bertz CT molecular complexity index is 909. The summed E-state index contributed by atoms with van der Waals surface area (Å²) in [7, 11) is 0. The van der Waals surface area contributed by atoms with Gasteiger partial charge in [0.2, 0.25) is 5.91 Å². The molecule has 7 heteroatoms. The van der Waals surface area contributed by atoms with Gasteiger partial charge in [0.15, 0.2) is 5.16 Å². The van der Waals surface area contributed by atoms with Crippen molar-refractivity contribution >= 4 is 40.2 Å². The molecule has 1 aromatic carbocycles. The molecule has 0 aliphatic heterocycles. The minimum Gasteiger partial charge on any atom is -0.352 e. The zero-order valence-electron chi connectivity index (χ0n) is 15.4. The Hall–Kier alpha value is -1.53. The predicted molar refractivity (Wildman–Crippen MR) is 109 cm³/mol. The number of halogens is 1. The molecule has 2 saturated carbocycles. The molecule has 0 bridgehead atoms. The third-order valence-corrected chi connectivity index (χ3v) is 6.46. The fourth-order valence-corrected chi connectivity index (χ4v) is 4.60. The van der Waals surface area contributed by atoms with Gasteiger partial charge in [-0.1, -0.05) is 30.3 Å². The lowest BCUT2D eigenvalue weighted by Crippen LogP contribution is -2.39. The van der Waals surface area contributed by atoms with Crippen LogP contribution in [0.15, 0.2) is 28.2 Å². The van der Waals surface area contributed by atoms with E-state index in [4.69, 9.17) is 11.6 Å². The third-order valence-electron chi connectivity index (χ3n) is 5.25. The molecule has 2 aliphatic carbocycles. The molecular weight excluding hydrogens is 382 g/mol. The summed E-state index contributed by atoms with van der Waals surface area (Å²) in [4.78, 5) is 30.0. The van der Waals surface area contributed by atoms with Crippen LogP contribution in [-0.2, 0) is 11.3 Å². The number of aromatic nitrogens is 2. The van der Waals surface area contributed by atoms with Crippen LogP contribution in [0.25, 0.3) is 10.9 Å². The number of carbonyl (C=O) groups excluding carboxylic acids is 1. The molecule has 5 nitrogen and oxygen atoms in total. The van der Waals surface area contributed by atoms with Gasteiger partial charge in [-0.15, -0.1) is 0 Å². The molecule has 4 rings (SSSR count). The molecule has 1 amide bonds. The summed E-state index contributed by atoms with van der Waals surface area (Å²) in [6.07, 6.45) is 5.76. The lowest BCUT2D eigenvalue weighted by molar-refractivity contribution is -0.119. The van der Waals surface area contributed by atoms with Gasteiger partial charge in [-0.2, -0.15) is 0 Å². The normalized spacial score (nSPS) is 16.9. The molecule has 1 heterocycles. The molecule has 0 unspecified atom stereocenters. The van der Waals surface area contributed by atoms with E-state index < -0.39 is 0 Å². The van der Waals surface area contributed by atoms with Gasteiger partial charge in [0, 0.05) is 17.6 Å². The fraction of sp³-hybridized carbons (Fsp3) is 0.550. The van der Waals surface area contributed by atoms with Crippen LogP contribution in [0.3, 0.4) is 0 Å². The first-order chi connectivity index (χ1) is 13.1. The number of rotatable bonds is 8. The van der Waals surface area contributed by atoms with Gasteiger partial charge in [-0.25, -0.2) is 4.98 Å². The molecule has 0 spiro atoms. The van der Waals surface area contributed by atoms with Crippen molar-refractivity contribution in [1.29, 1.82) is 0 Å². The maximum absolute atomic E-state index is 12.8. The number of benzene rings is 1. The second-order valence-corrected chi connectivity index (χ2v) is 8.95. The Balaban J connectivity index is 1.52. The molecule has 0 atom stereocenters. The predicted octanol–water partition coefficient (Wildman–Crippen LogP) is 3.86. The number of nitrogens with one attached hydrogen (secondary N) is 1. The monoisotopic (exact) mass is 405 g/mol. The summed E-state index contributed by atoms with van der Waals surface area (Å²) in [6.45, 7) is 2.61. The second kappa shape index (κ2) is 7.84.